The Morgan fingerprint density at radius 1 is 1.00 bits per heavy atom. The van der Waals surface area contributed by atoms with Crippen molar-refractivity contribution >= 4 is 11.6 Å². The Labute approximate surface area is 115 Å². The maximum atomic E-state index is 12.0. The van der Waals surface area contributed by atoms with E-state index in [0.29, 0.717) is 18.4 Å². The standard InChI is InChI=1S/C15H24N2O2/c1-15(2)9-12(18)11(13(19)10-15)7-8-14(16(3)4)17(5)6/h7-8H,9-10H2,1-6H3. The fourth-order valence-corrected chi connectivity index (χ4v) is 2.32. The first-order valence-corrected chi connectivity index (χ1v) is 6.47. The summed E-state index contributed by atoms with van der Waals surface area (Å²) < 4.78 is 0. The third-order valence-electron chi connectivity index (χ3n) is 3.19. The van der Waals surface area contributed by atoms with Gasteiger partial charge in [0.05, 0.1) is 5.57 Å². The van der Waals surface area contributed by atoms with E-state index in [0.717, 1.165) is 5.82 Å². The Morgan fingerprint density at radius 2 is 1.42 bits per heavy atom. The maximum Gasteiger partial charge on any atom is 0.166 e. The van der Waals surface area contributed by atoms with Gasteiger partial charge in [0.25, 0.3) is 0 Å². The molecule has 0 bridgehead atoms. The van der Waals surface area contributed by atoms with Gasteiger partial charge < -0.3 is 9.80 Å². The molecule has 4 nitrogen and oxygen atoms in total. The minimum absolute atomic E-state index is 0.0469. The molecule has 1 aliphatic carbocycles. The second-order valence-corrected chi connectivity index (χ2v) is 6.26. The van der Waals surface area contributed by atoms with Crippen molar-refractivity contribution in [3.8, 4) is 0 Å². The van der Waals surface area contributed by atoms with Crippen molar-refractivity contribution in [3.63, 3.8) is 0 Å². The van der Waals surface area contributed by atoms with Crippen molar-refractivity contribution in [2.75, 3.05) is 28.2 Å². The third-order valence-corrected chi connectivity index (χ3v) is 3.19. The van der Waals surface area contributed by atoms with Crippen LogP contribution in [0.2, 0.25) is 0 Å². The molecule has 0 aliphatic heterocycles. The van der Waals surface area contributed by atoms with E-state index in [1.807, 2.05) is 57.9 Å². The molecule has 1 fully saturated rings. The summed E-state index contributed by atoms with van der Waals surface area (Å²) in [5.74, 6) is 0.849. The maximum absolute atomic E-state index is 12.0. The number of hydrogen-bond acceptors (Lipinski definition) is 4. The smallest absolute Gasteiger partial charge is 0.166 e. The van der Waals surface area contributed by atoms with Crippen molar-refractivity contribution in [2.24, 2.45) is 5.41 Å². The number of ketones is 2. The van der Waals surface area contributed by atoms with E-state index in [9.17, 15) is 9.59 Å². The topological polar surface area (TPSA) is 40.6 Å². The molecule has 0 aromatic rings. The Kier molecular flexibility index (Phi) is 4.56. The van der Waals surface area contributed by atoms with E-state index in [1.165, 1.54) is 0 Å². The number of Topliss-reactive ketones (excluding diaryl/α,β-unsaturated/α-hetero) is 2. The van der Waals surface area contributed by atoms with Crippen molar-refractivity contribution in [1.82, 2.24) is 9.80 Å². The summed E-state index contributed by atoms with van der Waals surface area (Å²) in [7, 11) is 7.71. The Hall–Kier alpha value is -1.58. The van der Waals surface area contributed by atoms with Crippen LogP contribution < -0.4 is 0 Å². The number of rotatable bonds is 3. The average Bonchev–Trinajstić information content (AvgIpc) is 2.19. The number of allylic oxidation sites excluding steroid dienone is 3. The summed E-state index contributed by atoms with van der Waals surface area (Å²) in [5.41, 5.74) is 0.127. The quantitative estimate of drug-likeness (QED) is 0.576. The van der Waals surface area contributed by atoms with E-state index in [4.69, 9.17) is 0 Å². The first-order valence-electron chi connectivity index (χ1n) is 6.47. The summed E-state index contributed by atoms with van der Waals surface area (Å²) in [4.78, 5) is 27.9. The van der Waals surface area contributed by atoms with Crippen molar-refractivity contribution in [2.45, 2.75) is 26.7 Å². The molecule has 0 aromatic carbocycles. The molecule has 4 heteroatoms. The summed E-state index contributed by atoms with van der Waals surface area (Å²) in [6.07, 6.45) is 4.37. The molecule has 106 valence electrons. The van der Waals surface area contributed by atoms with E-state index in [-0.39, 0.29) is 17.0 Å². The summed E-state index contributed by atoms with van der Waals surface area (Å²) in [5, 5.41) is 0. The van der Waals surface area contributed by atoms with Gasteiger partial charge in [0.15, 0.2) is 11.6 Å². The highest BCUT2D eigenvalue weighted by molar-refractivity contribution is 6.22. The predicted octanol–water partition coefficient (Wildman–Crippen LogP) is 1.84. The lowest BCUT2D eigenvalue weighted by atomic mass is 9.74. The lowest BCUT2D eigenvalue weighted by Crippen LogP contribution is -2.31. The van der Waals surface area contributed by atoms with E-state index < -0.39 is 0 Å². The van der Waals surface area contributed by atoms with Gasteiger partial charge in [-0.3, -0.25) is 9.59 Å². The molecule has 0 atom stereocenters. The van der Waals surface area contributed by atoms with Gasteiger partial charge in [-0.1, -0.05) is 13.8 Å². The van der Waals surface area contributed by atoms with Gasteiger partial charge in [0, 0.05) is 41.0 Å². The highest BCUT2D eigenvalue weighted by Crippen LogP contribution is 2.33. The zero-order valence-electron chi connectivity index (χ0n) is 12.8. The molecule has 1 aliphatic rings. The fourth-order valence-electron chi connectivity index (χ4n) is 2.32. The van der Waals surface area contributed by atoms with Gasteiger partial charge in [0.1, 0.15) is 5.82 Å². The van der Waals surface area contributed by atoms with Crippen LogP contribution in [0.1, 0.15) is 26.7 Å². The summed E-state index contributed by atoms with van der Waals surface area (Å²) in [6.45, 7) is 3.92. The van der Waals surface area contributed by atoms with E-state index in [2.05, 4.69) is 0 Å². The Morgan fingerprint density at radius 3 is 1.79 bits per heavy atom. The van der Waals surface area contributed by atoms with Crippen molar-refractivity contribution < 1.29 is 9.59 Å². The molecule has 0 unspecified atom stereocenters. The zero-order valence-corrected chi connectivity index (χ0v) is 12.8. The highest BCUT2D eigenvalue weighted by Gasteiger charge is 2.35. The van der Waals surface area contributed by atoms with Crippen LogP contribution in [0.15, 0.2) is 23.5 Å². The number of hydrogen-bond donors (Lipinski definition) is 0. The van der Waals surface area contributed by atoms with Crippen LogP contribution in [0.25, 0.3) is 0 Å². The van der Waals surface area contributed by atoms with Crippen LogP contribution in [0.4, 0.5) is 0 Å². The van der Waals surface area contributed by atoms with Crippen molar-refractivity contribution in [1.29, 1.82) is 0 Å². The molecule has 0 N–H and O–H groups in total. The first kappa shape index (κ1) is 15.5. The van der Waals surface area contributed by atoms with E-state index >= 15 is 0 Å². The van der Waals surface area contributed by atoms with Crippen LogP contribution in [0, 0.1) is 5.41 Å². The normalized spacial score (nSPS) is 18.1. The van der Waals surface area contributed by atoms with E-state index in [1.54, 1.807) is 6.08 Å². The number of carbonyl (C=O) groups is 2. The Bertz CT molecular complexity index is 411. The minimum atomic E-state index is -0.207. The molecule has 0 saturated heterocycles. The molecule has 0 aromatic heterocycles. The van der Waals surface area contributed by atoms with Crippen LogP contribution in [0.3, 0.4) is 0 Å². The number of carbonyl (C=O) groups excluding carboxylic acids is 2. The van der Waals surface area contributed by atoms with Gasteiger partial charge in [-0.05, 0) is 17.6 Å². The molecule has 0 amide bonds. The Balaban J connectivity index is 3.02. The van der Waals surface area contributed by atoms with Crippen LogP contribution in [-0.2, 0) is 9.59 Å². The second-order valence-electron chi connectivity index (χ2n) is 6.26. The molecule has 0 spiro atoms. The monoisotopic (exact) mass is 264 g/mol. The SMILES string of the molecule is CN(C)C(=CC=C1C(=O)CC(C)(C)CC1=O)N(C)C. The second kappa shape index (κ2) is 5.59. The summed E-state index contributed by atoms with van der Waals surface area (Å²) >= 11 is 0. The van der Waals surface area contributed by atoms with Crippen LogP contribution >= 0.6 is 0 Å². The molecule has 19 heavy (non-hydrogen) atoms. The zero-order chi connectivity index (χ0) is 14.8. The van der Waals surface area contributed by atoms with Gasteiger partial charge in [-0.2, -0.15) is 0 Å². The minimum Gasteiger partial charge on any atom is -0.364 e. The fraction of sp³-hybridized carbons (Fsp3) is 0.600. The van der Waals surface area contributed by atoms with Crippen molar-refractivity contribution in [3.05, 3.63) is 23.5 Å². The lowest BCUT2D eigenvalue weighted by molar-refractivity contribution is -0.127. The molecule has 1 rings (SSSR count). The largest absolute Gasteiger partial charge is 0.364 e. The molecular weight excluding hydrogens is 240 g/mol. The third kappa shape index (κ3) is 3.94. The van der Waals surface area contributed by atoms with Gasteiger partial charge >= 0.3 is 0 Å². The van der Waals surface area contributed by atoms with Crippen LogP contribution in [0.5, 0.6) is 0 Å². The number of nitrogens with zero attached hydrogens (tertiary/aromatic N) is 2. The average molecular weight is 264 g/mol. The molecule has 0 radical (unpaired) electrons. The highest BCUT2D eigenvalue weighted by atomic mass is 16.1. The molecule has 1 saturated carbocycles. The summed E-state index contributed by atoms with van der Waals surface area (Å²) in [6, 6.07) is 0. The first-order chi connectivity index (χ1) is 8.64. The van der Waals surface area contributed by atoms with Gasteiger partial charge in [0.2, 0.25) is 0 Å². The molecular formula is C15H24N2O2. The lowest BCUT2D eigenvalue weighted by Gasteiger charge is -2.28. The van der Waals surface area contributed by atoms with Gasteiger partial charge in [-0.15, -0.1) is 0 Å². The van der Waals surface area contributed by atoms with Crippen LogP contribution in [-0.4, -0.2) is 49.6 Å². The van der Waals surface area contributed by atoms with Gasteiger partial charge in [-0.25, -0.2) is 0 Å². The predicted molar refractivity (Wildman–Crippen MR) is 76.6 cm³/mol. The molecule has 0 heterocycles.